The molecule has 2 aromatic carbocycles. The van der Waals surface area contributed by atoms with Gasteiger partial charge < -0.3 is 4.90 Å². The second-order valence-corrected chi connectivity index (χ2v) is 6.81. The molecule has 25 heavy (non-hydrogen) atoms. The van der Waals surface area contributed by atoms with E-state index in [-0.39, 0.29) is 11.8 Å². The zero-order chi connectivity index (χ0) is 17.4. The summed E-state index contributed by atoms with van der Waals surface area (Å²) >= 11 is 3.41. The van der Waals surface area contributed by atoms with E-state index in [2.05, 4.69) is 26.3 Å². The summed E-state index contributed by atoms with van der Waals surface area (Å²) in [4.78, 5) is 31.2. The highest BCUT2D eigenvalue weighted by atomic mass is 79.9. The van der Waals surface area contributed by atoms with Crippen molar-refractivity contribution in [2.24, 2.45) is 5.92 Å². The Kier molecular flexibility index (Phi) is 4.01. The Hall–Kier alpha value is -2.67. The normalized spacial score (nSPS) is 17.2. The van der Waals surface area contributed by atoms with Crippen LogP contribution in [0.25, 0.3) is 11.0 Å². The van der Waals surface area contributed by atoms with Crippen molar-refractivity contribution >= 4 is 44.5 Å². The van der Waals surface area contributed by atoms with Crippen molar-refractivity contribution in [3.8, 4) is 0 Å². The molecule has 2 amide bonds. The van der Waals surface area contributed by atoms with E-state index in [4.69, 9.17) is 0 Å². The third-order valence-corrected chi connectivity index (χ3v) is 4.82. The SMILES string of the molecule is O=C(Nn1cnc2ccccc21)[C@@H]1CCN(c2cccc(Br)c2)C1=O. The first-order chi connectivity index (χ1) is 12.1. The number of para-hydroxylation sites is 2. The smallest absolute Gasteiger partial charge is 0.251 e. The molecule has 1 saturated heterocycles. The Balaban J connectivity index is 1.52. The predicted molar refractivity (Wildman–Crippen MR) is 98.7 cm³/mol. The molecule has 1 atom stereocenters. The van der Waals surface area contributed by atoms with Crippen LogP contribution in [0.5, 0.6) is 0 Å². The lowest BCUT2D eigenvalue weighted by atomic mass is 10.1. The first-order valence-electron chi connectivity index (χ1n) is 7.93. The fourth-order valence-corrected chi connectivity index (χ4v) is 3.46. The van der Waals surface area contributed by atoms with Gasteiger partial charge in [-0.2, -0.15) is 0 Å². The number of fused-ring (bicyclic) bond motifs is 1. The van der Waals surface area contributed by atoms with Gasteiger partial charge in [0.15, 0.2) is 0 Å². The molecular formula is C18H15BrN4O2. The van der Waals surface area contributed by atoms with Crippen LogP contribution in [0, 0.1) is 5.92 Å². The monoisotopic (exact) mass is 398 g/mol. The van der Waals surface area contributed by atoms with Gasteiger partial charge in [0, 0.05) is 16.7 Å². The van der Waals surface area contributed by atoms with Gasteiger partial charge in [-0.25, -0.2) is 9.66 Å². The van der Waals surface area contributed by atoms with Crippen molar-refractivity contribution in [1.82, 2.24) is 9.66 Å². The number of nitrogens with one attached hydrogen (secondary N) is 1. The number of hydrogen-bond acceptors (Lipinski definition) is 3. The first-order valence-corrected chi connectivity index (χ1v) is 8.73. The molecule has 6 nitrogen and oxygen atoms in total. The van der Waals surface area contributed by atoms with Crippen molar-refractivity contribution in [2.45, 2.75) is 6.42 Å². The van der Waals surface area contributed by atoms with Gasteiger partial charge in [0.1, 0.15) is 12.2 Å². The third kappa shape index (κ3) is 2.91. The number of amides is 2. The van der Waals surface area contributed by atoms with E-state index in [1.54, 1.807) is 15.9 Å². The Morgan fingerprint density at radius 2 is 2.04 bits per heavy atom. The number of carbonyl (C=O) groups excluding carboxylic acids is 2. The molecule has 1 N–H and O–H groups in total. The second-order valence-electron chi connectivity index (χ2n) is 5.89. The van der Waals surface area contributed by atoms with Gasteiger partial charge in [-0.1, -0.05) is 34.1 Å². The van der Waals surface area contributed by atoms with Crippen LogP contribution in [0.15, 0.2) is 59.3 Å². The fourth-order valence-electron chi connectivity index (χ4n) is 3.07. The number of aromatic nitrogens is 2. The molecule has 3 aromatic rings. The minimum absolute atomic E-state index is 0.181. The summed E-state index contributed by atoms with van der Waals surface area (Å²) in [5, 5.41) is 0. The molecule has 4 rings (SSSR count). The zero-order valence-corrected chi connectivity index (χ0v) is 14.8. The van der Waals surface area contributed by atoms with Gasteiger partial charge >= 0.3 is 0 Å². The van der Waals surface area contributed by atoms with E-state index in [0.717, 1.165) is 21.2 Å². The van der Waals surface area contributed by atoms with Crippen LogP contribution in [-0.4, -0.2) is 28.0 Å². The number of imidazole rings is 1. The topological polar surface area (TPSA) is 67.2 Å². The number of benzene rings is 2. The molecule has 1 aliphatic heterocycles. The lowest BCUT2D eigenvalue weighted by Gasteiger charge is -2.17. The van der Waals surface area contributed by atoms with E-state index in [9.17, 15) is 9.59 Å². The van der Waals surface area contributed by atoms with Gasteiger partial charge in [-0.3, -0.25) is 15.0 Å². The summed E-state index contributed by atoms with van der Waals surface area (Å²) < 4.78 is 2.46. The first kappa shape index (κ1) is 15.8. The Bertz CT molecular complexity index is 968. The summed E-state index contributed by atoms with van der Waals surface area (Å²) in [5.74, 6) is -1.19. The van der Waals surface area contributed by atoms with Crippen molar-refractivity contribution in [2.75, 3.05) is 16.9 Å². The molecule has 2 heterocycles. The van der Waals surface area contributed by atoms with E-state index in [1.807, 2.05) is 48.5 Å². The highest BCUT2D eigenvalue weighted by molar-refractivity contribution is 9.10. The summed E-state index contributed by atoms with van der Waals surface area (Å²) in [6.45, 7) is 0.526. The molecule has 126 valence electrons. The van der Waals surface area contributed by atoms with E-state index in [0.29, 0.717) is 13.0 Å². The number of anilines is 1. The van der Waals surface area contributed by atoms with Crippen LogP contribution in [0.2, 0.25) is 0 Å². The highest BCUT2D eigenvalue weighted by Gasteiger charge is 2.37. The van der Waals surface area contributed by atoms with E-state index >= 15 is 0 Å². The Labute approximate surface area is 152 Å². The standard InChI is InChI=1S/C18H15BrN4O2/c19-12-4-3-5-13(10-12)22-9-8-14(18(22)25)17(24)21-23-11-20-15-6-1-2-7-16(15)23/h1-7,10-11,14H,8-9H2,(H,21,24)/t14-/m0/s1. The quantitative estimate of drug-likeness (QED) is 0.689. The van der Waals surface area contributed by atoms with Crippen LogP contribution in [0.3, 0.4) is 0 Å². The van der Waals surface area contributed by atoms with Crippen molar-refractivity contribution in [3.63, 3.8) is 0 Å². The maximum absolute atomic E-state index is 12.7. The Morgan fingerprint density at radius 1 is 1.20 bits per heavy atom. The molecule has 0 spiro atoms. The van der Waals surface area contributed by atoms with Crippen molar-refractivity contribution < 1.29 is 9.59 Å². The molecular weight excluding hydrogens is 384 g/mol. The third-order valence-electron chi connectivity index (χ3n) is 4.33. The lowest BCUT2D eigenvalue weighted by Crippen LogP contribution is -2.35. The van der Waals surface area contributed by atoms with Crippen molar-refractivity contribution in [3.05, 3.63) is 59.3 Å². The molecule has 0 unspecified atom stereocenters. The molecule has 0 saturated carbocycles. The molecule has 0 aliphatic carbocycles. The molecule has 1 aliphatic rings. The van der Waals surface area contributed by atoms with Gasteiger partial charge in [-0.05, 0) is 36.8 Å². The summed E-state index contributed by atoms with van der Waals surface area (Å²) in [5.41, 5.74) is 5.16. The summed E-state index contributed by atoms with van der Waals surface area (Å²) in [7, 11) is 0. The molecule has 1 fully saturated rings. The number of rotatable bonds is 3. The molecule has 7 heteroatoms. The number of halogens is 1. The summed E-state index contributed by atoms with van der Waals surface area (Å²) in [6.07, 6.45) is 2.04. The summed E-state index contributed by atoms with van der Waals surface area (Å²) in [6, 6.07) is 15.0. The number of hydrogen-bond donors (Lipinski definition) is 1. The highest BCUT2D eigenvalue weighted by Crippen LogP contribution is 2.27. The molecule has 0 radical (unpaired) electrons. The van der Waals surface area contributed by atoms with Gasteiger partial charge in [0.05, 0.1) is 11.0 Å². The fraction of sp³-hybridized carbons (Fsp3) is 0.167. The lowest BCUT2D eigenvalue weighted by molar-refractivity contribution is -0.129. The second kappa shape index (κ2) is 6.33. The minimum atomic E-state index is -0.694. The maximum atomic E-state index is 12.7. The van der Waals surface area contributed by atoms with E-state index < -0.39 is 5.92 Å². The zero-order valence-electron chi connectivity index (χ0n) is 13.2. The predicted octanol–water partition coefficient (Wildman–Crippen LogP) is 2.92. The molecule has 1 aromatic heterocycles. The van der Waals surface area contributed by atoms with Crippen LogP contribution < -0.4 is 10.3 Å². The van der Waals surface area contributed by atoms with Crippen LogP contribution in [0.4, 0.5) is 5.69 Å². The average molecular weight is 399 g/mol. The number of nitrogens with zero attached hydrogens (tertiary/aromatic N) is 3. The number of carbonyl (C=O) groups is 2. The van der Waals surface area contributed by atoms with Gasteiger partial charge in [-0.15, -0.1) is 0 Å². The Morgan fingerprint density at radius 3 is 2.88 bits per heavy atom. The largest absolute Gasteiger partial charge is 0.312 e. The van der Waals surface area contributed by atoms with Crippen LogP contribution in [-0.2, 0) is 9.59 Å². The minimum Gasteiger partial charge on any atom is -0.312 e. The van der Waals surface area contributed by atoms with Crippen LogP contribution in [0.1, 0.15) is 6.42 Å². The van der Waals surface area contributed by atoms with E-state index in [1.165, 1.54) is 0 Å². The molecule has 0 bridgehead atoms. The van der Waals surface area contributed by atoms with Gasteiger partial charge in [0.2, 0.25) is 5.91 Å². The van der Waals surface area contributed by atoms with Crippen molar-refractivity contribution in [1.29, 1.82) is 0 Å². The van der Waals surface area contributed by atoms with Crippen LogP contribution >= 0.6 is 15.9 Å². The average Bonchev–Trinajstić information content (AvgIpc) is 3.19. The maximum Gasteiger partial charge on any atom is 0.251 e. The van der Waals surface area contributed by atoms with Gasteiger partial charge in [0.25, 0.3) is 5.91 Å².